The third-order valence-corrected chi connectivity index (χ3v) is 4.35. The van der Waals surface area contributed by atoms with Crippen LogP contribution in [0.2, 0.25) is 0 Å². The maximum atomic E-state index is 12.5. The highest BCUT2D eigenvalue weighted by Crippen LogP contribution is 2.18. The number of carboxylic acid groups (broad SMARTS) is 1. The van der Waals surface area contributed by atoms with Crippen molar-refractivity contribution in [2.45, 2.75) is 58.3 Å². The molecule has 1 saturated heterocycles. The number of hydrogen-bond acceptors (Lipinski definition) is 6. The first kappa shape index (κ1) is 19.8. The first-order valence-electron chi connectivity index (χ1n) is 7.63. The molecule has 1 fully saturated rings. The standard InChI is InChI=1S/C15H26N2O5S/c1-9(16-10(2)14(21)22-15(3,4)5)12(18)17-6-7-23-8-11(17)13(19)20/h9-11,16H,6-8H2,1-5H3,(H,19,20)/t9-,10?,11?/m0/s1. The van der Waals surface area contributed by atoms with Crippen LogP contribution in [-0.4, -0.2) is 69.6 Å². The van der Waals surface area contributed by atoms with E-state index in [2.05, 4.69) is 5.32 Å². The lowest BCUT2D eigenvalue weighted by molar-refractivity contribution is -0.158. The summed E-state index contributed by atoms with van der Waals surface area (Å²) in [6, 6.07) is -2.14. The molecule has 0 aromatic heterocycles. The van der Waals surface area contributed by atoms with Gasteiger partial charge in [0.25, 0.3) is 0 Å². The number of carboxylic acids is 1. The maximum absolute atomic E-state index is 12.5. The van der Waals surface area contributed by atoms with Crippen LogP contribution < -0.4 is 5.32 Å². The Hall–Kier alpha value is -1.28. The van der Waals surface area contributed by atoms with Gasteiger partial charge in [-0.1, -0.05) is 0 Å². The Balaban J connectivity index is 2.65. The van der Waals surface area contributed by atoms with Gasteiger partial charge in [0.1, 0.15) is 17.7 Å². The minimum absolute atomic E-state index is 0.312. The molecule has 1 heterocycles. The van der Waals surface area contributed by atoms with Gasteiger partial charge in [0.05, 0.1) is 6.04 Å². The van der Waals surface area contributed by atoms with Gasteiger partial charge in [0, 0.05) is 18.1 Å². The first-order chi connectivity index (χ1) is 10.5. The minimum Gasteiger partial charge on any atom is -0.480 e. The van der Waals surface area contributed by atoms with E-state index >= 15 is 0 Å². The molecule has 2 N–H and O–H groups in total. The van der Waals surface area contributed by atoms with E-state index < -0.39 is 35.7 Å². The molecule has 1 aliphatic heterocycles. The van der Waals surface area contributed by atoms with Crippen LogP contribution in [0.15, 0.2) is 0 Å². The lowest BCUT2D eigenvalue weighted by atomic mass is 10.1. The second-order valence-corrected chi connectivity index (χ2v) is 7.75. The molecule has 132 valence electrons. The van der Waals surface area contributed by atoms with Crippen molar-refractivity contribution < 1.29 is 24.2 Å². The van der Waals surface area contributed by atoms with Gasteiger partial charge < -0.3 is 14.7 Å². The van der Waals surface area contributed by atoms with Crippen molar-refractivity contribution in [2.24, 2.45) is 0 Å². The summed E-state index contributed by atoms with van der Waals surface area (Å²) in [4.78, 5) is 37.1. The number of rotatable bonds is 5. The number of esters is 1. The lowest BCUT2D eigenvalue weighted by Crippen LogP contribution is -2.57. The average Bonchev–Trinajstić information content (AvgIpc) is 2.44. The number of nitrogens with zero attached hydrogens (tertiary/aromatic N) is 1. The van der Waals surface area contributed by atoms with E-state index in [1.165, 1.54) is 16.7 Å². The van der Waals surface area contributed by atoms with Crippen LogP contribution in [0.3, 0.4) is 0 Å². The van der Waals surface area contributed by atoms with Gasteiger partial charge in [-0.05, 0) is 34.6 Å². The number of ether oxygens (including phenoxy) is 1. The van der Waals surface area contributed by atoms with E-state index in [4.69, 9.17) is 4.74 Å². The van der Waals surface area contributed by atoms with E-state index in [0.29, 0.717) is 18.1 Å². The van der Waals surface area contributed by atoms with E-state index in [9.17, 15) is 19.5 Å². The number of aliphatic carboxylic acids is 1. The Bertz CT molecular complexity index is 463. The summed E-state index contributed by atoms with van der Waals surface area (Å²) < 4.78 is 5.26. The molecule has 1 amide bonds. The zero-order valence-electron chi connectivity index (χ0n) is 14.3. The molecule has 1 rings (SSSR count). The molecule has 8 heteroatoms. The summed E-state index contributed by atoms with van der Waals surface area (Å²) in [7, 11) is 0. The summed E-state index contributed by atoms with van der Waals surface area (Å²) >= 11 is 1.52. The maximum Gasteiger partial charge on any atom is 0.327 e. The van der Waals surface area contributed by atoms with Crippen molar-refractivity contribution in [3.63, 3.8) is 0 Å². The fourth-order valence-electron chi connectivity index (χ4n) is 2.23. The molecule has 0 aromatic rings. The fraction of sp³-hybridized carbons (Fsp3) is 0.800. The van der Waals surface area contributed by atoms with Crippen LogP contribution in [-0.2, 0) is 19.1 Å². The van der Waals surface area contributed by atoms with Crippen LogP contribution in [0, 0.1) is 0 Å². The summed E-state index contributed by atoms with van der Waals surface area (Å²) in [5.41, 5.74) is -0.598. The van der Waals surface area contributed by atoms with Crippen molar-refractivity contribution in [1.29, 1.82) is 0 Å². The number of amides is 1. The summed E-state index contributed by atoms with van der Waals surface area (Å²) in [6.07, 6.45) is 0. The molecule has 2 unspecified atom stereocenters. The Morgan fingerprint density at radius 3 is 2.39 bits per heavy atom. The average molecular weight is 346 g/mol. The Kier molecular flexibility index (Phi) is 6.88. The van der Waals surface area contributed by atoms with Gasteiger partial charge in [-0.3, -0.25) is 14.9 Å². The highest BCUT2D eigenvalue weighted by atomic mass is 32.2. The monoisotopic (exact) mass is 346 g/mol. The molecule has 0 bridgehead atoms. The van der Waals surface area contributed by atoms with Gasteiger partial charge >= 0.3 is 11.9 Å². The number of carbonyl (C=O) groups excluding carboxylic acids is 2. The smallest absolute Gasteiger partial charge is 0.327 e. The van der Waals surface area contributed by atoms with Crippen LogP contribution in [0.4, 0.5) is 0 Å². The molecule has 7 nitrogen and oxygen atoms in total. The van der Waals surface area contributed by atoms with Crippen molar-refractivity contribution in [3.8, 4) is 0 Å². The SMILES string of the molecule is CC(N[C@@H](C)C(=O)N1CCSCC1C(=O)O)C(=O)OC(C)(C)C. The van der Waals surface area contributed by atoms with E-state index in [1.807, 2.05) is 0 Å². The molecule has 0 saturated carbocycles. The van der Waals surface area contributed by atoms with Gasteiger partial charge in [0.2, 0.25) is 5.91 Å². The minimum atomic E-state index is -1.00. The van der Waals surface area contributed by atoms with Gasteiger partial charge in [-0.2, -0.15) is 11.8 Å². The normalized spacial score (nSPS) is 21.4. The third kappa shape index (κ3) is 6.02. The highest BCUT2D eigenvalue weighted by molar-refractivity contribution is 7.99. The molecular weight excluding hydrogens is 320 g/mol. The van der Waals surface area contributed by atoms with Gasteiger partial charge in [-0.15, -0.1) is 0 Å². The molecule has 0 aromatic carbocycles. The van der Waals surface area contributed by atoms with Gasteiger partial charge in [-0.25, -0.2) is 4.79 Å². The molecule has 0 aliphatic carbocycles. The Morgan fingerprint density at radius 2 is 1.87 bits per heavy atom. The second kappa shape index (κ2) is 8.01. The Labute approximate surface area is 141 Å². The predicted octanol–water partition coefficient (Wildman–Crippen LogP) is 0.723. The van der Waals surface area contributed by atoms with Crippen LogP contribution in [0.5, 0.6) is 0 Å². The zero-order valence-corrected chi connectivity index (χ0v) is 15.1. The number of nitrogens with one attached hydrogen (secondary N) is 1. The fourth-order valence-corrected chi connectivity index (χ4v) is 3.26. The second-order valence-electron chi connectivity index (χ2n) is 6.60. The van der Waals surface area contributed by atoms with Gasteiger partial charge in [0.15, 0.2) is 0 Å². The molecule has 0 spiro atoms. The van der Waals surface area contributed by atoms with Crippen molar-refractivity contribution >= 4 is 29.6 Å². The lowest BCUT2D eigenvalue weighted by Gasteiger charge is -2.35. The van der Waals surface area contributed by atoms with Crippen molar-refractivity contribution in [3.05, 3.63) is 0 Å². The molecular formula is C15H26N2O5S. The summed E-state index contributed by atoms with van der Waals surface area (Å²) in [6.45, 7) is 8.97. The molecule has 0 radical (unpaired) electrons. The van der Waals surface area contributed by atoms with Crippen molar-refractivity contribution in [1.82, 2.24) is 10.2 Å². The number of thioether (sulfide) groups is 1. The third-order valence-electron chi connectivity index (χ3n) is 3.33. The summed E-state index contributed by atoms with van der Waals surface area (Å²) in [5, 5.41) is 12.1. The number of carbonyl (C=O) groups is 3. The highest BCUT2D eigenvalue weighted by Gasteiger charge is 2.35. The Morgan fingerprint density at radius 1 is 1.26 bits per heavy atom. The largest absolute Gasteiger partial charge is 0.480 e. The van der Waals surface area contributed by atoms with E-state index in [1.54, 1.807) is 34.6 Å². The predicted molar refractivity (Wildman–Crippen MR) is 88.4 cm³/mol. The topological polar surface area (TPSA) is 95.9 Å². The zero-order chi connectivity index (χ0) is 17.8. The van der Waals surface area contributed by atoms with Crippen molar-refractivity contribution in [2.75, 3.05) is 18.1 Å². The first-order valence-corrected chi connectivity index (χ1v) is 8.78. The molecule has 23 heavy (non-hydrogen) atoms. The van der Waals surface area contributed by atoms with E-state index in [-0.39, 0.29) is 5.91 Å². The van der Waals surface area contributed by atoms with E-state index in [0.717, 1.165) is 0 Å². The molecule has 3 atom stereocenters. The van der Waals surface area contributed by atoms with Crippen LogP contribution in [0.1, 0.15) is 34.6 Å². The molecule has 1 aliphatic rings. The quantitative estimate of drug-likeness (QED) is 0.708. The summed E-state index contributed by atoms with van der Waals surface area (Å²) in [5.74, 6) is -0.661. The van der Waals surface area contributed by atoms with Crippen LogP contribution in [0.25, 0.3) is 0 Å². The number of hydrogen-bond donors (Lipinski definition) is 2. The van der Waals surface area contributed by atoms with Crippen LogP contribution >= 0.6 is 11.8 Å².